The number of hydrogen-bond donors (Lipinski definition) is 1. The Hall–Kier alpha value is -1.90. The molecule has 0 radical (unpaired) electrons. The Morgan fingerprint density at radius 1 is 1.20 bits per heavy atom. The highest BCUT2D eigenvalue weighted by molar-refractivity contribution is 5.78. The van der Waals surface area contributed by atoms with E-state index in [1.54, 1.807) is 6.26 Å². The summed E-state index contributed by atoms with van der Waals surface area (Å²) < 4.78 is 5.38. The number of nitrogens with zero attached hydrogens (tertiary/aromatic N) is 1. The number of furan rings is 1. The van der Waals surface area contributed by atoms with E-state index in [2.05, 4.69) is 0 Å². The zero-order chi connectivity index (χ0) is 10.8. The van der Waals surface area contributed by atoms with Crippen LogP contribution in [0.2, 0.25) is 0 Å². The Kier molecular flexibility index (Phi) is 2.37. The predicted octanol–water partition coefficient (Wildman–Crippen LogP) is 2.59. The third-order valence-corrected chi connectivity index (χ3v) is 2.29. The fourth-order valence-electron chi connectivity index (χ4n) is 1.57. The molecule has 0 fully saturated rings. The first kappa shape index (κ1) is 9.65. The van der Waals surface area contributed by atoms with Gasteiger partial charge in [0.25, 0.3) is 0 Å². The van der Waals surface area contributed by atoms with Crippen molar-refractivity contribution in [3.05, 3.63) is 36.6 Å². The molecule has 0 aliphatic heterocycles. The molecule has 1 aromatic carbocycles. The number of anilines is 2. The van der Waals surface area contributed by atoms with Gasteiger partial charge in [-0.3, -0.25) is 0 Å². The summed E-state index contributed by atoms with van der Waals surface area (Å²) in [5.41, 5.74) is 8.63. The Bertz CT molecular complexity index is 447. The van der Waals surface area contributed by atoms with Gasteiger partial charge in [0, 0.05) is 31.0 Å². The summed E-state index contributed by atoms with van der Waals surface area (Å²) in [6.07, 6.45) is 1.66. The van der Waals surface area contributed by atoms with E-state index in [1.807, 2.05) is 49.3 Å². The first-order valence-electron chi connectivity index (χ1n) is 4.79. The van der Waals surface area contributed by atoms with Crippen LogP contribution in [0.5, 0.6) is 0 Å². The minimum atomic E-state index is 0.743. The molecule has 0 aliphatic rings. The predicted molar refractivity (Wildman–Crippen MR) is 62.9 cm³/mol. The standard InChI is InChI=1S/C12H14N2O/c1-14(2)11-6-5-9(13)8-10(11)12-4-3-7-15-12/h3-8H,13H2,1-2H3. The van der Waals surface area contributed by atoms with Gasteiger partial charge in [0.15, 0.2) is 0 Å². The zero-order valence-electron chi connectivity index (χ0n) is 8.90. The van der Waals surface area contributed by atoms with Gasteiger partial charge in [0.05, 0.1) is 6.26 Å². The van der Waals surface area contributed by atoms with Gasteiger partial charge in [-0.1, -0.05) is 0 Å². The average molecular weight is 202 g/mol. The Balaban J connectivity index is 2.58. The smallest absolute Gasteiger partial charge is 0.136 e. The van der Waals surface area contributed by atoms with Crippen LogP contribution in [0.15, 0.2) is 41.0 Å². The molecule has 2 rings (SSSR count). The van der Waals surface area contributed by atoms with Crippen molar-refractivity contribution >= 4 is 11.4 Å². The van der Waals surface area contributed by atoms with Gasteiger partial charge in [-0.2, -0.15) is 0 Å². The Morgan fingerprint density at radius 3 is 2.60 bits per heavy atom. The summed E-state index contributed by atoms with van der Waals surface area (Å²) >= 11 is 0. The van der Waals surface area contributed by atoms with Crippen molar-refractivity contribution in [1.82, 2.24) is 0 Å². The normalized spacial score (nSPS) is 10.3. The molecule has 0 saturated carbocycles. The summed E-state index contributed by atoms with van der Waals surface area (Å²) in [5.74, 6) is 0.839. The third-order valence-electron chi connectivity index (χ3n) is 2.29. The van der Waals surface area contributed by atoms with E-state index in [0.717, 1.165) is 22.7 Å². The molecule has 3 heteroatoms. The summed E-state index contributed by atoms with van der Waals surface area (Å²) in [7, 11) is 4.00. The maximum atomic E-state index is 5.77. The molecule has 78 valence electrons. The van der Waals surface area contributed by atoms with Gasteiger partial charge < -0.3 is 15.1 Å². The molecule has 0 amide bonds. The maximum absolute atomic E-state index is 5.77. The molecular formula is C12H14N2O. The van der Waals surface area contributed by atoms with Crippen molar-refractivity contribution < 1.29 is 4.42 Å². The zero-order valence-corrected chi connectivity index (χ0v) is 8.90. The highest BCUT2D eigenvalue weighted by Crippen LogP contribution is 2.31. The van der Waals surface area contributed by atoms with E-state index in [0.29, 0.717) is 0 Å². The van der Waals surface area contributed by atoms with E-state index < -0.39 is 0 Å². The SMILES string of the molecule is CN(C)c1ccc(N)cc1-c1ccco1. The monoisotopic (exact) mass is 202 g/mol. The number of rotatable bonds is 2. The molecule has 2 aromatic rings. The summed E-state index contributed by atoms with van der Waals surface area (Å²) in [6.45, 7) is 0. The number of benzene rings is 1. The molecular weight excluding hydrogens is 188 g/mol. The van der Waals surface area contributed by atoms with Crippen molar-refractivity contribution in [2.75, 3.05) is 24.7 Å². The van der Waals surface area contributed by atoms with Crippen LogP contribution in [-0.4, -0.2) is 14.1 Å². The molecule has 0 aliphatic carbocycles. The van der Waals surface area contributed by atoms with Gasteiger partial charge in [-0.05, 0) is 30.3 Å². The lowest BCUT2D eigenvalue weighted by Crippen LogP contribution is -2.10. The molecule has 0 bridgehead atoms. The van der Waals surface area contributed by atoms with Crippen molar-refractivity contribution in [2.24, 2.45) is 0 Å². The van der Waals surface area contributed by atoms with Crippen LogP contribution >= 0.6 is 0 Å². The quantitative estimate of drug-likeness (QED) is 0.761. The van der Waals surface area contributed by atoms with Crippen LogP contribution in [0.3, 0.4) is 0 Å². The van der Waals surface area contributed by atoms with Crippen LogP contribution in [0, 0.1) is 0 Å². The molecule has 0 saturated heterocycles. The van der Waals surface area contributed by atoms with Crippen molar-refractivity contribution in [3.63, 3.8) is 0 Å². The Labute approximate surface area is 89.1 Å². The van der Waals surface area contributed by atoms with Crippen molar-refractivity contribution in [1.29, 1.82) is 0 Å². The first-order chi connectivity index (χ1) is 7.18. The minimum Gasteiger partial charge on any atom is -0.464 e. The second-order valence-electron chi connectivity index (χ2n) is 3.65. The first-order valence-corrected chi connectivity index (χ1v) is 4.79. The lowest BCUT2D eigenvalue weighted by Gasteiger charge is -2.16. The lowest BCUT2D eigenvalue weighted by atomic mass is 10.1. The van der Waals surface area contributed by atoms with Crippen molar-refractivity contribution in [2.45, 2.75) is 0 Å². The molecule has 15 heavy (non-hydrogen) atoms. The highest BCUT2D eigenvalue weighted by Gasteiger charge is 2.09. The van der Waals surface area contributed by atoms with Gasteiger partial charge in [0.1, 0.15) is 5.76 Å². The van der Waals surface area contributed by atoms with E-state index >= 15 is 0 Å². The van der Waals surface area contributed by atoms with Crippen molar-refractivity contribution in [3.8, 4) is 11.3 Å². The van der Waals surface area contributed by atoms with E-state index in [1.165, 1.54) is 0 Å². The van der Waals surface area contributed by atoms with Gasteiger partial charge in [-0.15, -0.1) is 0 Å². The van der Waals surface area contributed by atoms with E-state index in [-0.39, 0.29) is 0 Å². The highest BCUT2D eigenvalue weighted by atomic mass is 16.3. The molecule has 1 aromatic heterocycles. The third kappa shape index (κ3) is 1.81. The number of nitrogen functional groups attached to an aromatic ring is 1. The minimum absolute atomic E-state index is 0.743. The summed E-state index contributed by atoms with van der Waals surface area (Å²) in [6, 6.07) is 9.61. The lowest BCUT2D eigenvalue weighted by molar-refractivity contribution is 0.582. The van der Waals surface area contributed by atoms with Gasteiger partial charge in [-0.25, -0.2) is 0 Å². The van der Waals surface area contributed by atoms with Crippen LogP contribution in [0.4, 0.5) is 11.4 Å². The maximum Gasteiger partial charge on any atom is 0.136 e. The molecule has 2 N–H and O–H groups in total. The average Bonchev–Trinajstić information content (AvgIpc) is 2.69. The van der Waals surface area contributed by atoms with E-state index in [4.69, 9.17) is 10.2 Å². The molecule has 3 nitrogen and oxygen atoms in total. The molecule has 1 heterocycles. The molecule has 0 spiro atoms. The van der Waals surface area contributed by atoms with Crippen LogP contribution in [0.1, 0.15) is 0 Å². The topological polar surface area (TPSA) is 42.4 Å². The number of nitrogens with two attached hydrogens (primary N) is 1. The van der Waals surface area contributed by atoms with Gasteiger partial charge >= 0.3 is 0 Å². The van der Waals surface area contributed by atoms with E-state index in [9.17, 15) is 0 Å². The summed E-state index contributed by atoms with van der Waals surface area (Å²) in [4.78, 5) is 2.04. The summed E-state index contributed by atoms with van der Waals surface area (Å²) in [5, 5.41) is 0. The molecule has 0 unspecified atom stereocenters. The largest absolute Gasteiger partial charge is 0.464 e. The second kappa shape index (κ2) is 3.69. The fraction of sp³-hybridized carbons (Fsp3) is 0.167. The molecule has 0 atom stereocenters. The van der Waals surface area contributed by atoms with Crippen LogP contribution in [-0.2, 0) is 0 Å². The fourth-order valence-corrected chi connectivity index (χ4v) is 1.57. The Morgan fingerprint density at radius 2 is 2.00 bits per heavy atom. The number of hydrogen-bond acceptors (Lipinski definition) is 3. The second-order valence-corrected chi connectivity index (χ2v) is 3.65. The van der Waals surface area contributed by atoms with Crippen LogP contribution in [0.25, 0.3) is 11.3 Å². The van der Waals surface area contributed by atoms with Gasteiger partial charge in [0.2, 0.25) is 0 Å². The van der Waals surface area contributed by atoms with Crippen LogP contribution < -0.4 is 10.6 Å².